The number of rotatable bonds is 27. The summed E-state index contributed by atoms with van der Waals surface area (Å²) in [5.41, 5.74) is 0. The molecule has 0 aliphatic carbocycles. The molecule has 0 atom stereocenters. The van der Waals surface area contributed by atoms with E-state index in [0.717, 1.165) is 25.7 Å². The van der Waals surface area contributed by atoms with Gasteiger partial charge in [0.15, 0.2) is 0 Å². The normalized spacial score (nSPS) is 11.0. The van der Waals surface area contributed by atoms with Crippen LogP contribution in [0.2, 0.25) is 0 Å². The Kier molecular flexibility index (Phi) is 31.2. The second-order valence-electron chi connectivity index (χ2n) is 8.65. The molecule has 202 valence electrons. The van der Waals surface area contributed by atoms with E-state index in [1.807, 2.05) is 0 Å². The van der Waals surface area contributed by atoms with Gasteiger partial charge in [-0.15, -0.1) is 0 Å². The third kappa shape index (κ3) is 29.3. The van der Waals surface area contributed by atoms with E-state index < -0.39 is 0 Å². The SMILES string of the molecule is CCCCCCCCCCCC(=O)NSSSSSSNC(=O)CCCCCCCCCCC. The van der Waals surface area contributed by atoms with Crippen molar-refractivity contribution in [2.45, 2.75) is 142 Å². The highest BCUT2D eigenvalue weighted by atomic mass is 33.9. The van der Waals surface area contributed by atoms with Gasteiger partial charge in [-0.2, -0.15) is 0 Å². The Morgan fingerprint density at radius 2 is 0.735 bits per heavy atom. The van der Waals surface area contributed by atoms with Crippen LogP contribution >= 0.6 is 61.3 Å². The first-order chi connectivity index (χ1) is 16.7. The van der Waals surface area contributed by atoms with E-state index in [1.54, 1.807) is 39.3 Å². The van der Waals surface area contributed by atoms with Crippen LogP contribution in [0, 0.1) is 0 Å². The summed E-state index contributed by atoms with van der Waals surface area (Å²) < 4.78 is 5.78. The van der Waals surface area contributed by atoms with Crippen molar-refractivity contribution in [2.24, 2.45) is 0 Å². The van der Waals surface area contributed by atoms with Crippen molar-refractivity contribution in [2.75, 3.05) is 0 Å². The van der Waals surface area contributed by atoms with Gasteiger partial charge in [0.25, 0.3) is 0 Å². The van der Waals surface area contributed by atoms with Gasteiger partial charge in [-0.25, -0.2) is 0 Å². The molecular weight excluding hydrogens is 541 g/mol. The van der Waals surface area contributed by atoms with E-state index in [9.17, 15) is 9.59 Å². The molecule has 0 aromatic rings. The standard InChI is InChI=1S/C24H48N2O2S6/c1-3-5-7-9-11-13-15-17-19-21-23(27)25-29-31-33-34-32-30-26-24(28)22-20-18-16-14-12-10-8-6-4-2/h3-22H2,1-2H3,(H,25,27)(H,26,28). The Hall–Kier alpha value is 1.04. The highest BCUT2D eigenvalue weighted by molar-refractivity contribution is 9.41. The molecule has 0 radical (unpaired) electrons. The summed E-state index contributed by atoms with van der Waals surface area (Å²) in [5.74, 6) is 0.244. The number of amides is 2. The lowest BCUT2D eigenvalue weighted by atomic mass is 10.1. The Balaban J connectivity index is 3.25. The quantitative estimate of drug-likeness (QED) is 0.0558. The largest absolute Gasteiger partial charge is 0.290 e. The van der Waals surface area contributed by atoms with Gasteiger partial charge in [0.05, 0.1) is 0 Å². The molecule has 0 spiro atoms. The number of carbonyl (C=O) groups is 2. The Morgan fingerprint density at radius 1 is 0.441 bits per heavy atom. The van der Waals surface area contributed by atoms with E-state index in [2.05, 4.69) is 23.3 Å². The number of carbonyl (C=O) groups excluding carboxylic acids is 2. The summed E-state index contributed by atoms with van der Waals surface area (Å²) in [5, 5.41) is 0. The lowest BCUT2D eigenvalue weighted by Gasteiger charge is -2.04. The molecule has 0 saturated heterocycles. The molecule has 34 heavy (non-hydrogen) atoms. The third-order valence-electron chi connectivity index (χ3n) is 5.48. The monoisotopic (exact) mass is 588 g/mol. The molecule has 0 aliphatic heterocycles. The van der Waals surface area contributed by atoms with Crippen LogP contribution in [0.5, 0.6) is 0 Å². The second-order valence-corrected chi connectivity index (χ2v) is 17.5. The second kappa shape index (κ2) is 30.3. The molecule has 0 saturated carbocycles. The van der Waals surface area contributed by atoms with Crippen molar-refractivity contribution in [3.8, 4) is 0 Å². The summed E-state index contributed by atoms with van der Waals surface area (Å²) >= 11 is 0. The van der Waals surface area contributed by atoms with Crippen LogP contribution in [0.3, 0.4) is 0 Å². The topological polar surface area (TPSA) is 58.2 Å². The van der Waals surface area contributed by atoms with Crippen LogP contribution in [0.25, 0.3) is 0 Å². The van der Waals surface area contributed by atoms with E-state index in [4.69, 9.17) is 0 Å². The minimum Gasteiger partial charge on any atom is -0.290 e. The summed E-state index contributed by atoms with van der Waals surface area (Å²) in [7, 11) is 9.03. The molecule has 0 aromatic heterocycles. The zero-order valence-electron chi connectivity index (χ0n) is 21.4. The minimum absolute atomic E-state index is 0.122. The van der Waals surface area contributed by atoms with Crippen LogP contribution in [-0.2, 0) is 9.59 Å². The third-order valence-corrected chi connectivity index (χ3v) is 15.0. The molecule has 10 heteroatoms. The van der Waals surface area contributed by atoms with Gasteiger partial charge in [0.2, 0.25) is 11.8 Å². The average Bonchev–Trinajstić information content (AvgIpc) is 2.83. The fourth-order valence-electron chi connectivity index (χ4n) is 3.47. The fraction of sp³-hybridized carbons (Fsp3) is 0.917. The van der Waals surface area contributed by atoms with E-state index >= 15 is 0 Å². The summed E-state index contributed by atoms with van der Waals surface area (Å²) in [4.78, 5) is 23.7. The van der Waals surface area contributed by atoms with Crippen molar-refractivity contribution >= 4 is 73.1 Å². The molecule has 0 heterocycles. The first kappa shape index (κ1) is 35.0. The van der Waals surface area contributed by atoms with Crippen LogP contribution < -0.4 is 9.44 Å². The average molecular weight is 589 g/mol. The van der Waals surface area contributed by atoms with Gasteiger partial charge in [0, 0.05) is 74.1 Å². The first-order valence-electron chi connectivity index (χ1n) is 13.3. The zero-order valence-corrected chi connectivity index (χ0v) is 26.3. The van der Waals surface area contributed by atoms with Gasteiger partial charge < -0.3 is 0 Å². The van der Waals surface area contributed by atoms with Crippen molar-refractivity contribution in [1.82, 2.24) is 9.44 Å². The molecule has 0 bridgehead atoms. The summed E-state index contributed by atoms with van der Waals surface area (Å²) in [6.45, 7) is 4.50. The van der Waals surface area contributed by atoms with Crippen LogP contribution in [0.1, 0.15) is 142 Å². The molecule has 0 aromatic carbocycles. The first-order valence-corrected chi connectivity index (χ1v) is 20.8. The highest BCUT2D eigenvalue weighted by Gasteiger charge is 2.04. The van der Waals surface area contributed by atoms with E-state index in [0.29, 0.717) is 12.8 Å². The lowest BCUT2D eigenvalue weighted by Crippen LogP contribution is -2.13. The summed E-state index contributed by atoms with van der Waals surface area (Å²) in [6.07, 6.45) is 24.1. The molecule has 0 rings (SSSR count). The predicted molar refractivity (Wildman–Crippen MR) is 166 cm³/mol. The Labute approximate surface area is 233 Å². The molecule has 4 nitrogen and oxygen atoms in total. The number of hydrogen-bond donors (Lipinski definition) is 2. The Bertz CT molecular complexity index is 421. The molecule has 0 fully saturated rings. The molecule has 0 aliphatic rings. The maximum absolute atomic E-state index is 11.8. The molecule has 0 unspecified atom stereocenters. The molecule has 2 amide bonds. The molecular formula is C24H48N2O2S6. The van der Waals surface area contributed by atoms with Crippen molar-refractivity contribution in [3.63, 3.8) is 0 Å². The zero-order chi connectivity index (χ0) is 25.0. The maximum Gasteiger partial charge on any atom is 0.230 e. The van der Waals surface area contributed by atoms with Gasteiger partial charge in [-0.05, 0) is 12.8 Å². The number of unbranched alkanes of at least 4 members (excludes halogenated alkanes) is 16. The highest BCUT2D eigenvalue weighted by Crippen LogP contribution is 2.50. The fourth-order valence-corrected chi connectivity index (χ4v) is 13.0. The van der Waals surface area contributed by atoms with Crippen molar-refractivity contribution < 1.29 is 9.59 Å². The maximum atomic E-state index is 11.8. The van der Waals surface area contributed by atoms with Gasteiger partial charge in [0.1, 0.15) is 0 Å². The van der Waals surface area contributed by atoms with Gasteiger partial charge in [-0.3, -0.25) is 19.0 Å². The van der Waals surface area contributed by atoms with E-state index in [-0.39, 0.29) is 11.8 Å². The van der Waals surface area contributed by atoms with Crippen LogP contribution in [0.15, 0.2) is 0 Å². The number of nitrogens with one attached hydrogen (secondary N) is 2. The predicted octanol–water partition coefficient (Wildman–Crippen LogP) is 10.9. The van der Waals surface area contributed by atoms with Crippen LogP contribution in [0.4, 0.5) is 0 Å². The Morgan fingerprint density at radius 3 is 1.06 bits per heavy atom. The smallest absolute Gasteiger partial charge is 0.230 e. The molecule has 2 N–H and O–H groups in total. The minimum atomic E-state index is 0.122. The van der Waals surface area contributed by atoms with E-state index in [1.165, 1.54) is 112 Å². The summed E-state index contributed by atoms with van der Waals surface area (Å²) in [6, 6.07) is 0. The van der Waals surface area contributed by atoms with Crippen molar-refractivity contribution in [3.05, 3.63) is 0 Å². The van der Waals surface area contributed by atoms with Crippen molar-refractivity contribution in [1.29, 1.82) is 0 Å². The van der Waals surface area contributed by atoms with Crippen LogP contribution in [-0.4, -0.2) is 11.8 Å². The van der Waals surface area contributed by atoms with Gasteiger partial charge >= 0.3 is 0 Å². The number of hydrogen-bond acceptors (Lipinski definition) is 8. The lowest BCUT2D eigenvalue weighted by molar-refractivity contribution is -0.120. The van der Waals surface area contributed by atoms with Gasteiger partial charge in [-0.1, -0.05) is 117 Å².